The van der Waals surface area contributed by atoms with Gasteiger partial charge in [-0.05, 0) is 39.7 Å². The fourth-order valence-electron chi connectivity index (χ4n) is 1.35. The number of fused-ring (bicyclic) bond motifs is 1. The number of halogens is 1. The van der Waals surface area contributed by atoms with E-state index in [-0.39, 0.29) is 6.61 Å². The minimum atomic E-state index is -0.0276. The third-order valence-electron chi connectivity index (χ3n) is 1.97. The minimum absolute atomic E-state index is 0.0276. The van der Waals surface area contributed by atoms with Crippen LogP contribution in [0.3, 0.4) is 0 Å². The molecule has 0 radical (unpaired) electrons. The van der Waals surface area contributed by atoms with Crippen molar-refractivity contribution in [2.75, 3.05) is 0 Å². The van der Waals surface area contributed by atoms with Gasteiger partial charge in [0, 0.05) is 10.1 Å². The van der Waals surface area contributed by atoms with Crippen molar-refractivity contribution in [2.24, 2.45) is 0 Å². The van der Waals surface area contributed by atoms with Gasteiger partial charge in [-0.3, -0.25) is 0 Å². The molecule has 2 rings (SSSR count). The molecule has 1 aromatic carbocycles. The molecule has 0 fully saturated rings. The Morgan fingerprint density at radius 2 is 2.21 bits per heavy atom. The topological polar surface area (TPSA) is 44.0 Å². The molecule has 0 atom stereocenters. The lowest BCUT2D eigenvalue weighted by molar-refractivity contribution is 0.282. The predicted octanol–water partition coefficient (Wildman–Crippen LogP) is 3.03. The molecule has 0 aliphatic heterocycles. The first-order valence-corrected chi connectivity index (χ1v) is 5.58. The fraction of sp³-hybridized carbons (Fsp3) is 0.100. The molecule has 4 heteroatoms. The van der Waals surface area contributed by atoms with E-state index in [0.29, 0.717) is 5.56 Å². The molecule has 0 amide bonds. The molecule has 2 nitrogen and oxygen atoms in total. The molecular formula is C10H6BrNOS. The molecule has 0 aliphatic carbocycles. The molecule has 0 spiro atoms. The standard InChI is InChI=1S/C10H6BrNOS/c11-10-3-8-7(4-12)1-6(5-13)2-9(8)14-10/h1-3,13H,5H2. The van der Waals surface area contributed by atoms with Crippen LogP contribution < -0.4 is 0 Å². The molecule has 0 saturated heterocycles. The van der Waals surface area contributed by atoms with Crippen LogP contribution in [-0.2, 0) is 6.61 Å². The normalized spacial score (nSPS) is 10.4. The second-order valence-corrected chi connectivity index (χ2v) is 5.34. The summed E-state index contributed by atoms with van der Waals surface area (Å²) in [6, 6.07) is 7.70. The quantitative estimate of drug-likeness (QED) is 0.863. The average molecular weight is 268 g/mol. The summed E-state index contributed by atoms with van der Waals surface area (Å²) in [5.41, 5.74) is 1.40. The summed E-state index contributed by atoms with van der Waals surface area (Å²) in [5.74, 6) is 0. The lowest BCUT2D eigenvalue weighted by Gasteiger charge is -1.98. The van der Waals surface area contributed by atoms with Crippen molar-refractivity contribution in [1.29, 1.82) is 5.26 Å². The molecule has 14 heavy (non-hydrogen) atoms. The fourth-order valence-corrected chi connectivity index (χ4v) is 2.98. The van der Waals surface area contributed by atoms with Gasteiger partial charge in [-0.25, -0.2) is 0 Å². The van der Waals surface area contributed by atoms with Gasteiger partial charge < -0.3 is 5.11 Å². The van der Waals surface area contributed by atoms with Gasteiger partial charge in [0.2, 0.25) is 0 Å². The van der Waals surface area contributed by atoms with Crippen molar-refractivity contribution in [3.05, 3.63) is 33.1 Å². The summed E-state index contributed by atoms with van der Waals surface area (Å²) in [6.07, 6.45) is 0. The van der Waals surface area contributed by atoms with Crippen molar-refractivity contribution in [1.82, 2.24) is 0 Å². The van der Waals surface area contributed by atoms with Gasteiger partial charge in [0.15, 0.2) is 0 Å². The summed E-state index contributed by atoms with van der Waals surface area (Å²) < 4.78 is 2.03. The second kappa shape index (κ2) is 3.70. The van der Waals surface area contributed by atoms with E-state index in [1.165, 1.54) is 0 Å². The molecule has 0 aliphatic rings. The van der Waals surface area contributed by atoms with Crippen LogP contribution in [0.2, 0.25) is 0 Å². The van der Waals surface area contributed by atoms with E-state index < -0.39 is 0 Å². The zero-order chi connectivity index (χ0) is 10.1. The summed E-state index contributed by atoms with van der Waals surface area (Å²) >= 11 is 4.95. The lowest BCUT2D eigenvalue weighted by Crippen LogP contribution is -1.84. The van der Waals surface area contributed by atoms with Crippen molar-refractivity contribution >= 4 is 37.4 Å². The van der Waals surface area contributed by atoms with Crippen molar-refractivity contribution in [2.45, 2.75) is 6.61 Å². The van der Waals surface area contributed by atoms with Crippen LogP contribution in [0.5, 0.6) is 0 Å². The highest BCUT2D eigenvalue weighted by Gasteiger charge is 2.06. The number of thiophene rings is 1. The van der Waals surface area contributed by atoms with Crippen LogP contribution in [0.1, 0.15) is 11.1 Å². The van der Waals surface area contributed by atoms with E-state index >= 15 is 0 Å². The Morgan fingerprint density at radius 1 is 1.43 bits per heavy atom. The van der Waals surface area contributed by atoms with Crippen LogP contribution in [-0.4, -0.2) is 5.11 Å². The maximum absolute atomic E-state index is 9.01. The Hall–Kier alpha value is -0.890. The first-order valence-electron chi connectivity index (χ1n) is 3.97. The van der Waals surface area contributed by atoms with Gasteiger partial charge in [-0.1, -0.05) is 0 Å². The summed E-state index contributed by atoms with van der Waals surface area (Å²) in [6.45, 7) is -0.0276. The number of aliphatic hydroxyl groups excluding tert-OH is 1. The van der Waals surface area contributed by atoms with E-state index in [2.05, 4.69) is 22.0 Å². The van der Waals surface area contributed by atoms with Gasteiger partial charge in [-0.2, -0.15) is 5.26 Å². The Kier molecular flexibility index (Phi) is 2.55. The first-order chi connectivity index (χ1) is 6.74. The van der Waals surface area contributed by atoms with Crippen LogP contribution in [0.25, 0.3) is 10.1 Å². The molecule has 1 heterocycles. The summed E-state index contributed by atoms with van der Waals surface area (Å²) in [4.78, 5) is 0. The predicted molar refractivity (Wildman–Crippen MR) is 60.2 cm³/mol. The van der Waals surface area contributed by atoms with Gasteiger partial charge in [0.05, 0.1) is 22.0 Å². The SMILES string of the molecule is N#Cc1cc(CO)cc2sc(Br)cc12. The van der Waals surface area contributed by atoms with E-state index in [0.717, 1.165) is 19.4 Å². The highest BCUT2D eigenvalue weighted by atomic mass is 79.9. The summed E-state index contributed by atoms with van der Waals surface area (Å²) in [5, 5.41) is 18.9. The van der Waals surface area contributed by atoms with Crippen molar-refractivity contribution < 1.29 is 5.11 Å². The number of aliphatic hydroxyl groups is 1. The van der Waals surface area contributed by atoms with Crippen LogP contribution >= 0.6 is 27.3 Å². The minimum Gasteiger partial charge on any atom is -0.392 e. The Labute approximate surface area is 93.5 Å². The zero-order valence-electron chi connectivity index (χ0n) is 7.12. The highest BCUT2D eigenvalue weighted by Crippen LogP contribution is 2.32. The van der Waals surface area contributed by atoms with Crippen LogP contribution in [0.15, 0.2) is 22.0 Å². The molecule has 2 aromatic rings. The first kappa shape index (κ1) is 9.66. The monoisotopic (exact) mass is 267 g/mol. The number of hydrogen-bond donors (Lipinski definition) is 1. The summed E-state index contributed by atoms with van der Waals surface area (Å²) in [7, 11) is 0. The van der Waals surface area contributed by atoms with Crippen molar-refractivity contribution in [3.63, 3.8) is 0 Å². The number of hydrogen-bond acceptors (Lipinski definition) is 3. The van der Waals surface area contributed by atoms with Crippen LogP contribution in [0, 0.1) is 11.3 Å². The maximum atomic E-state index is 9.01. The Bertz CT molecular complexity index is 527. The molecular weight excluding hydrogens is 262 g/mol. The number of nitrogens with zero attached hydrogens (tertiary/aromatic N) is 1. The zero-order valence-corrected chi connectivity index (χ0v) is 9.52. The molecule has 70 valence electrons. The largest absolute Gasteiger partial charge is 0.392 e. The van der Waals surface area contributed by atoms with E-state index in [1.54, 1.807) is 17.4 Å². The Morgan fingerprint density at radius 3 is 2.86 bits per heavy atom. The third kappa shape index (κ3) is 1.55. The van der Waals surface area contributed by atoms with Gasteiger partial charge in [0.25, 0.3) is 0 Å². The van der Waals surface area contributed by atoms with Gasteiger partial charge in [0.1, 0.15) is 0 Å². The third-order valence-corrected chi connectivity index (χ3v) is 3.56. The molecule has 1 aromatic heterocycles. The van der Waals surface area contributed by atoms with E-state index in [1.807, 2.05) is 12.1 Å². The average Bonchev–Trinajstić information content (AvgIpc) is 2.56. The molecule has 0 saturated carbocycles. The lowest BCUT2D eigenvalue weighted by atomic mass is 10.1. The Balaban J connectivity index is 2.80. The number of nitriles is 1. The molecule has 0 unspecified atom stereocenters. The molecule has 1 N–H and O–H groups in total. The number of rotatable bonds is 1. The van der Waals surface area contributed by atoms with Gasteiger partial charge >= 0.3 is 0 Å². The van der Waals surface area contributed by atoms with Crippen molar-refractivity contribution in [3.8, 4) is 6.07 Å². The van der Waals surface area contributed by atoms with Crippen LogP contribution in [0.4, 0.5) is 0 Å². The number of benzene rings is 1. The maximum Gasteiger partial charge on any atom is 0.0998 e. The van der Waals surface area contributed by atoms with Gasteiger partial charge in [-0.15, -0.1) is 11.3 Å². The highest BCUT2D eigenvalue weighted by molar-refractivity contribution is 9.11. The smallest absolute Gasteiger partial charge is 0.0998 e. The van der Waals surface area contributed by atoms with E-state index in [4.69, 9.17) is 10.4 Å². The van der Waals surface area contributed by atoms with E-state index in [9.17, 15) is 0 Å². The molecule has 0 bridgehead atoms. The second-order valence-electron chi connectivity index (χ2n) is 2.88.